The Labute approximate surface area is 87.3 Å². The minimum atomic E-state index is -0.205. The maximum Gasteiger partial charge on any atom is 0.145 e. The highest BCUT2D eigenvalue weighted by atomic mass is 19.1. The van der Waals surface area contributed by atoms with Crippen LogP contribution in [0.3, 0.4) is 0 Å². The Morgan fingerprint density at radius 2 is 2.20 bits per heavy atom. The molecule has 4 heteroatoms. The molecule has 1 aromatic carbocycles. The van der Waals surface area contributed by atoms with Gasteiger partial charge >= 0.3 is 0 Å². The summed E-state index contributed by atoms with van der Waals surface area (Å²) < 4.78 is 15.0. The van der Waals surface area contributed by atoms with Crippen LogP contribution in [-0.2, 0) is 6.42 Å². The molecule has 0 aliphatic rings. The van der Waals surface area contributed by atoms with E-state index in [-0.39, 0.29) is 5.82 Å². The fourth-order valence-electron chi connectivity index (χ4n) is 1.45. The topological polar surface area (TPSA) is 43.8 Å². The molecule has 0 bridgehead atoms. The zero-order valence-corrected chi connectivity index (χ0v) is 8.44. The summed E-state index contributed by atoms with van der Waals surface area (Å²) in [6, 6.07) is 6.73. The van der Waals surface area contributed by atoms with Gasteiger partial charge in [0.15, 0.2) is 0 Å². The number of nitrogens with two attached hydrogens (primary N) is 1. The van der Waals surface area contributed by atoms with Crippen LogP contribution < -0.4 is 5.73 Å². The van der Waals surface area contributed by atoms with Crippen LogP contribution in [0.1, 0.15) is 12.5 Å². The molecule has 0 amide bonds. The second-order valence-electron chi connectivity index (χ2n) is 3.31. The number of aryl methyl sites for hydroxylation is 1. The summed E-state index contributed by atoms with van der Waals surface area (Å²) in [5.74, 6) is 0.221. The standard InChI is InChI=1S/C11H12FN3/c1-2-8-3-4-9(7-10(8)12)15-6-5-11(13)14-15/h3-7H,2H2,1H3,(H2,13,14). The summed E-state index contributed by atoms with van der Waals surface area (Å²) in [5.41, 5.74) is 6.87. The van der Waals surface area contributed by atoms with Gasteiger partial charge < -0.3 is 5.73 Å². The zero-order valence-electron chi connectivity index (χ0n) is 8.44. The molecule has 15 heavy (non-hydrogen) atoms. The molecule has 2 aromatic rings. The lowest BCUT2D eigenvalue weighted by Crippen LogP contribution is -1.98. The molecule has 0 radical (unpaired) electrons. The lowest BCUT2D eigenvalue weighted by molar-refractivity contribution is 0.610. The van der Waals surface area contributed by atoms with Gasteiger partial charge in [0.05, 0.1) is 5.69 Å². The summed E-state index contributed by atoms with van der Waals surface area (Å²) in [5, 5.41) is 4.01. The van der Waals surface area contributed by atoms with Crippen molar-refractivity contribution in [2.24, 2.45) is 0 Å². The van der Waals surface area contributed by atoms with Crippen LogP contribution in [0.2, 0.25) is 0 Å². The van der Waals surface area contributed by atoms with E-state index in [1.54, 1.807) is 23.0 Å². The van der Waals surface area contributed by atoms with Crippen molar-refractivity contribution in [1.82, 2.24) is 9.78 Å². The van der Waals surface area contributed by atoms with E-state index in [2.05, 4.69) is 5.10 Å². The first-order chi connectivity index (χ1) is 7.20. The molecule has 2 N–H and O–H groups in total. The maximum absolute atomic E-state index is 13.5. The van der Waals surface area contributed by atoms with Crippen molar-refractivity contribution in [3.63, 3.8) is 0 Å². The third kappa shape index (κ3) is 1.83. The Morgan fingerprint density at radius 1 is 1.40 bits per heavy atom. The summed E-state index contributed by atoms with van der Waals surface area (Å²) in [4.78, 5) is 0. The SMILES string of the molecule is CCc1ccc(-n2ccc(N)n2)cc1F. The molecule has 3 nitrogen and oxygen atoms in total. The Kier molecular flexibility index (Phi) is 2.41. The smallest absolute Gasteiger partial charge is 0.145 e. The normalized spacial score (nSPS) is 10.5. The molecule has 0 aliphatic heterocycles. The Morgan fingerprint density at radius 3 is 2.73 bits per heavy atom. The van der Waals surface area contributed by atoms with Gasteiger partial charge in [0, 0.05) is 12.3 Å². The van der Waals surface area contributed by atoms with Crippen molar-refractivity contribution >= 4 is 5.82 Å². The number of anilines is 1. The third-order valence-electron chi connectivity index (χ3n) is 2.29. The Hall–Kier alpha value is -1.84. The predicted octanol–water partition coefficient (Wildman–Crippen LogP) is 2.16. The molecule has 1 heterocycles. The number of aromatic nitrogens is 2. The molecule has 0 unspecified atom stereocenters. The number of benzene rings is 1. The summed E-state index contributed by atoms with van der Waals surface area (Å²) in [6.45, 7) is 1.92. The molecular weight excluding hydrogens is 193 g/mol. The minimum Gasteiger partial charge on any atom is -0.382 e. The van der Waals surface area contributed by atoms with E-state index < -0.39 is 0 Å². The number of nitrogen functional groups attached to an aromatic ring is 1. The molecule has 1 aromatic heterocycles. The van der Waals surface area contributed by atoms with E-state index in [0.717, 1.165) is 0 Å². The highest BCUT2D eigenvalue weighted by Crippen LogP contribution is 2.14. The number of halogens is 1. The van der Waals surface area contributed by atoms with Crippen molar-refractivity contribution in [1.29, 1.82) is 0 Å². The highest BCUT2D eigenvalue weighted by molar-refractivity contribution is 5.37. The first-order valence-electron chi connectivity index (χ1n) is 4.80. The van der Waals surface area contributed by atoms with Gasteiger partial charge in [0.25, 0.3) is 0 Å². The van der Waals surface area contributed by atoms with Gasteiger partial charge in [0.1, 0.15) is 11.6 Å². The fourth-order valence-corrected chi connectivity index (χ4v) is 1.45. The Bertz CT molecular complexity index is 476. The van der Waals surface area contributed by atoms with Crippen LogP contribution in [0, 0.1) is 5.82 Å². The van der Waals surface area contributed by atoms with Gasteiger partial charge in [-0.1, -0.05) is 13.0 Å². The zero-order chi connectivity index (χ0) is 10.8. The van der Waals surface area contributed by atoms with E-state index in [1.807, 2.05) is 13.0 Å². The highest BCUT2D eigenvalue weighted by Gasteiger charge is 2.03. The van der Waals surface area contributed by atoms with Crippen molar-refractivity contribution < 1.29 is 4.39 Å². The van der Waals surface area contributed by atoms with Crippen molar-refractivity contribution in [2.45, 2.75) is 13.3 Å². The summed E-state index contributed by atoms with van der Waals surface area (Å²) in [7, 11) is 0. The molecule has 2 rings (SSSR count). The quantitative estimate of drug-likeness (QED) is 0.816. The van der Waals surface area contributed by atoms with Gasteiger partial charge in [-0.25, -0.2) is 9.07 Å². The molecule has 0 aliphatic carbocycles. The second kappa shape index (κ2) is 3.73. The van der Waals surface area contributed by atoms with E-state index in [0.29, 0.717) is 23.5 Å². The lowest BCUT2D eigenvalue weighted by atomic mass is 10.1. The number of nitrogens with zero attached hydrogens (tertiary/aromatic N) is 2. The summed E-state index contributed by atoms with van der Waals surface area (Å²) >= 11 is 0. The number of hydrogen-bond acceptors (Lipinski definition) is 2. The molecule has 78 valence electrons. The molecule has 0 atom stereocenters. The van der Waals surface area contributed by atoms with Crippen LogP contribution in [0.25, 0.3) is 5.69 Å². The second-order valence-corrected chi connectivity index (χ2v) is 3.31. The van der Waals surface area contributed by atoms with Gasteiger partial charge in [-0.05, 0) is 24.1 Å². The van der Waals surface area contributed by atoms with E-state index in [1.165, 1.54) is 6.07 Å². The monoisotopic (exact) mass is 205 g/mol. The van der Waals surface area contributed by atoms with Gasteiger partial charge in [-0.3, -0.25) is 0 Å². The molecule has 0 saturated carbocycles. The minimum absolute atomic E-state index is 0.205. The van der Waals surface area contributed by atoms with Gasteiger partial charge in [-0.15, -0.1) is 0 Å². The van der Waals surface area contributed by atoms with Crippen molar-refractivity contribution in [3.05, 3.63) is 41.8 Å². The predicted molar refractivity (Wildman–Crippen MR) is 57.3 cm³/mol. The maximum atomic E-state index is 13.5. The molecule has 0 spiro atoms. The van der Waals surface area contributed by atoms with Gasteiger partial charge in [0.2, 0.25) is 0 Å². The van der Waals surface area contributed by atoms with Crippen LogP contribution >= 0.6 is 0 Å². The molecule has 0 saturated heterocycles. The van der Waals surface area contributed by atoms with E-state index in [4.69, 9.17) is 5.73 Å². The fraction of sp³-hybridized carbons (Fsp3) is 0.182. The van der Waals surface area contributed by atoms with Crippen LogP contribution in [0.4, 0.5) is 10.2 Å². The molecule has 0 fully saturated rings. The first-order valence-corrected chi connectivity index (χ1v) is 4.80. The Balaban J connectivity index is 2.42. The molecular formula is C11H12FN3. The summed E-state index contributed by atoms with van der Waals surface area (Å²) in [6.07, 6.45) is 2.39. The van der Waals surface area contributed by atoms with Gasteiger partial charge in [-0.2, -0.15) is 5.10 Å². The first kappa shape index (κ1) is 9.71. The van der Waals surface area contributed by atoms with Crippen molar-refractivity contribution in [3.8, 4) is 5.69 Å². The van der Waals surface area contributed by atoms with Crippen molar-refractivity contribution in [2.75, 3.05) is 5.73 Å². The van der Waals surface area contributed by atoms with Crippen LogP contribution in [-0.4, -0.2) is 9.78 Å². The van der Waals surface area contributed by atoms with Crippen LogP contribution in [0.15, 0.2) is 30.5 Å². The average Bonchev–Trinajstić information content (AvgIpc) is 2.65. The average molecular weight is 205 g/mol. The number of rotatable bonds is 2. The lowest BCUT2D eigenvalue weighted by Gasteiger charge is -2.04. The third-order valence-corrected chi connectivity index (χ3v) is 2.29. The van der Waals surface area contributed by atoms with Crippen LogP contribution in [0.5, 0.6) is 0 Å². The van der Waals surface area contributed by atoms with E-state index >= 15 is 0 Å². The number of hydrogen-bond donors (Lipinski definition) is 1. The van der Waals surface area contributed by atoms with E-state index in [9.17, 15) is 4.39 Å². The largest absolute Gasteiger partial charge is 0.382 e.